The van der Waals surface area contributed by atoms with Crippen molar-refractivity contribution in [2.24, 2.45) is 0 Å². The molecule has 0 radical (unpaired) electrons. The summed E-state index contributed by atoms with van der Waals surface area (Å²) >= 11 is 6.19. The highest BCUT2D eigenvalue weighted by atomic mass is 35.5. The van der Waals surface area contributed by atoms with Crippen LogP contribution in [0, 0.1) is 11.6 Å². The van der Waals surface area contributed by atoms with Crippen molar-refractivity contribution in [2.75, 3.05) is 5.32 Å². The zero-order chi connectivity index (χ0) is 27.4. The first kappa shape index (κ1) is 25.6. The normalized spacial score (nSPS) is 10.7. The van der Waals surface area contributed by atoms with Gasteiger partial charge in [0.25, 0.3) is 11.8 Å². The Labute approximate surface area is 225 Å². The van der Waals surface area contributed by atoms with E-state index in [1.807, 2.05) is 0 Å². The maximum absolute atomic E-state index is 14.7. The molecular weight excluding hydrogens is 528 g/mol. The highest BCUT2D eigenvalue weighted by Gasteiger charge is 2.22. The molecule has 0 aliphatic carbocycles. The quantitative estimate of drug-likeness (QED) is 0.302. The molecule has 194 valence electrons. The second-order valence-corrected chi connectivity index (χ2v) is 8.57. The molecule has 0 unspecified atom stereocenters. The van der Waals surface area contributed by atoms with Crippen LogP contribution in [0.4, 0.5) is 14.6 Å². The van der Waals surface area contributed by atoms with E-state index in [2.05, 4.69) is 30.9 Å². The molecular formula is C27H18ClF2N7O2. The number of aromatic nitrogens is 5. The molecule has 39 heavy (non-hydrogen) atoms. The fraction of sp³-hybridized carbons (Fsp3) is 0.0370. The predicted octanol–water partition coefficient (Wildman–Crippen LogP) is 4.84. The molecule has 0 bridgehead atoms. The number of halogens is 3. The summed E-state index contributed by atoms with van der Waals surface area (Å²) in [6, 6.07) is 18.1. The molecule has 5 rings (SSSR count). The van der Waals surface area contributed by atoms with Gasteiger partial charge in [-0.3, -0.25) is 14.6 Å². The molecule has 2 amide bonds. The van der Waals surface area contributed by atoms with Crippen molar-refractivity contribution in [3.05, 3.63) is 119 Å². The van der Waals surface area contributed by atoms with Crippen molar-refractivity contribution < 1.29 is 18.4 Å². The van der Waals surface area contributed by atoms with E-state index >= 15 is 0 Å². The number of hydrogen-bond acceptors (Lipinski definition) is 6. The van der Waals surface area contributed by atoms with Crippen molar-refractivity contribution in [2.45, 2.75) is 6.54 Å². The summed E-state index contributed by atoms with van der Waals surface area (Å²) in [6.45, 7) is 0.116. The van der Waals surface area contributed by atoms with Gasteiger partial charge in [-0.05, 0) is 48.5 Å². The third-order valence-corrected chi connectivity index (χ3v) is 5.87. The van der Waals surface area contributed by atoms with Crippen LogP contribution in [0.25, 0.3) is 16.9 Å². The highest BCUT2D eigenvalue weighted by Crippen LogP contribution is 2.30. The van der Waals surface area contributed by atoms with Crippen molar-refractivity contribution in [1.82, 2.24) is 30.3 Å². The van der Waals surface area contributed by atoms with Gasteiger partial charge in [-0.2, -0.15) is 15.3 Å². The van der Waals surface area contributed by atoms with Gasteiger partial charge in [-0.25, -0.2) is 13.5 Å². The Balaban J connectivity index is 1.46. The minimum atomic E-state index is -0.842. The van der Waals surface area contributed by atoms with Crippen LogP contribution in [0.2, 0.25) is 5.02 Å². The van der Waals surface area contributed by atoms with Crippen LogP contribution in [0.1, 0.15) is 26.5 Å². The Bertz CT molecular complexity index is 1660. The molecule has 0 aliphatic heterocycles. The fourth-order valence-corrected chi connectivity index (χ4v) is 3.94. The molecule has 12 heteroatoms. The van der Waals surface area contributed by atoms with E-state index in [9.17, 15) is 18.4 Å². The number of hydrogen-bond donors (Lipinski definition) is 2. The number of carbonyl (C=O) groups is 2. The van der Waals surface area contributed by atoms with Gasteiger partial charge in [0, 0.05) is 24.0 Å². The van der Waals surface area contributed by atoms with Gasteiger partial charge in [-0.1, -0.05) is 29.8 Å². The van der Waals surface area contributed by atoms with E-state index in [1.165, 1.54) is 29.2 Å². The summed E-state index contributed by atoms with van der Waals surface area (Å²) in [5.41, 5.74) is 0.489. The van der Waals surface area contributed by atoms with E-state index in [0.29, 0.717) is 11.4 Å². The van der Waals surface area contributed by atoms with E-state index in [0.717, 1.165) is 18.2 Å². The number of nitrogens with one attached hydrogen (secondary N) is 2. The Morgan fingerprint density at radius 1 is 0.897 bits per heavy atom. The predicted molar refractivity (Wildman–Crippen MR) is 139 cm³/mol. The van der Waals surface area contributed by atoms with Crippen LogP contribution in [-0.2, 0) is 6.54 Å². The van der Waals surface area contributed by atoms with Crippen LogP contribution in [0.15, 0.2) is 85.2 Å². The lowest BCUT2D eigenvalue weighted by Gasteiger charge is -2.11. The van der Waals surface area contributed by atoms with Crippen molar-refractivity contribution in [3.63, 3.8) is 0 Å². The first-order chi connectivity index (χ1) is 18.9. The average molecular weight is 546 g/mol. The molecule has 3 heterocycles. The van der Waals surface area contributed by atoms with E-state index in [4.69, 9.17) is 11.6 Å². The largest absolute Gasteiger partial charge is 0.345 e. The summed E-state index contributed by atoms with van der Waals surface area (Å²) in [4.78, 5) is 30.0. The standard InChI is InChI=1S/C27H18ClF2N7O2/c28-20-13-22(30)19(25-21(29)9-5-10-31-25)12-18(20)26(38)34-24-14-23(36-37(24)17-7-2-1-3-8-17)27(39)32-15-16-6-4-11-33-35-16/h1-14H,15H2,(H,32,39)(H,34,38). The molecule has 0 aliphatic rings. The van der Waals surface area contributed by atoms with Crippen molar-refractivity contribution in [1.29, 1.82) is 0 Å². The molecule has 9 nitrogen and oxygen atoms in total. The van der Waals surface area contributed by atoms with Gasteiger partial charge >= 0.3 is 0 Å². The lowest BCUT2D eigenvalue weighted by molar-refractivity contribution is 0.0944. The van der Waals surface area contributed by atoms with Gasteiger partial charge < -0.3 is 10.6 Å². The minimum absolute atomic E-state index is 0.0134. The summed E-state index contributed by atoms with van der Waals surface area (Å²) in [5.74, 6) is -2.71. The maximum Gasteiger partial charge on any atom is 0.272 e. The van der Waals surface area contributed by atoms with Crippen LogP contribution >= 0.6 is 11.6 Å². The van der Waals surface area contributed by atoms with Crippen LogP contribution < -0.4 is 10.6 Å². The maximum atomic E-state index is 14.7. The molecule has 5 aromatic rings. The third kappa shape index (κ3) is 5.63. The number of pyridine rings is 1. The van der Waals surface area contributed by atoms with Gasteiger partial charge in [0.05, 0.1) is 28.5 Å². The number of carbonyl (C=O) groups excluding carboxylic acids is 2. The molecule has 0 spiro atoms. The van der Waals surface area contributed by atoms with E-state index < -0.39 is 23.4 Å². The average Bonchev–Trinajstić information content (AvgIpc) is 3.37. The van der Waals surface area contributed by atoms with Gasteiger partial charge in [0.1, 0.15) is 23.1 Å². The summed E-state index contributed by atoms with van der Waals surface area (Å²) in [6.07, 6.45) is 2.83. The molecule has 0 atom stereocenters. The molecule has 2 aromatic carbocycles. The van der Waals surface area contributed by atoms with E-state index in [-0.39, 0.29) is 39.9 Å². The zero-order valence-electron chi connectivity index (χ0n) is 20.0. The molecule has 0 fully saturated rings. The number of benzene rings is 2. The Hall–Kier alpha value is -5.03. The van der Waals surface area contributed by atoms with Crippen molar-refractivity contribution >= 4 is 29.2 Å². The molecule has 2 N–H and O–H groups in total. The van der Waals surface area contributed by atoms with Gasteiger partial charge in [-0.15, -0.1) is 0 Å². The number of anilines is 1. The number of para-hydroxylation sites is 1. The first-order valence-corrected chi connectivity index (χ1v) is 11.9. The van der Waals surface area contributed by atoms with Gasteiger partial charge in [0.2, 0.25) is 0 Å². The number of nitrogens with zero attached hydrogens (tertiary/aromatic N) is 5. The highest BCUT2D eigenvalue weighted by molar-refractivity contribution is 6.34. The Morgan fingerprint density at radius 3 is 2.44 bits per heavy atom. The summed E-state index contributed by atoms with van der Waals surface area (Å²) in [7, 11) is 0. The fourth-order valence-electron chi connectivity index (χ4n) is 3.71. The summed E-state index contributed by atoms with van der Waals surface area (Å²) in [5, 5.41) is 17.2. The topological polar surface area (TPSA) is 115 Å². The Morgan fingerprint density at radius 2 is 1.69 bits per heavy atom. The molecule has 0 saturated carbocycles. The van der Waals surface area contributed by atoms with E-state index in [1.54, 1.807) is 42.5 Å². The third-order valence-electron chi connectivity index (χ3n) is 5.56. The van der Waals surface area contributed by atoms with Crippen LogP contribution in [0.5, 0.6) is 0 Å². The molecule has 0 saturated heterocycles. The second-order valence-electron chi connectivity index (χ2n) is 8.16. The lowest BCUT2D eigenvalue weighted by Crippen LogP contribution is -2.24. The Kier molecular flexibility index (Phi) is 7.32. The number of amides is 2. The van der Waals surface area contributed by atoms with Crippen LogP contribution in [0.3, 0.4) is 0 Å². The SMILES string of the molecule is O=C(NCc1cccnn1)c1cc(NC(=O)c2cc(-c3ncccc3F)c(F)cc2Cl)n(-c2ccccc2)n1. The number of rotatable bonds is 7. The summed E-state index contributed by atoms with van der Waals surface area (Å²) < 4.78 is 30.3. The second kappa shape index (κ2) is 11.2. The minimum Gasteiger partial charge on any atom is -0.345 e. The first-order valence-electron chi connectivity index (χ1n) is 11.5. The monoisotopic (exact) mass is 545 g/mol. The lowest BCUT2D eigenvalue weighted by atomic mass is 10.1. The van der Waals surface area contributed by atoms with Crippen LogP contribution in [-0.4, -0.2) is 36.8 Å². The smallest absolute Gasteiger partial charge is 0.272 e. The zero-order valence-corrected chi connectivity index (χ0v) is 20.7. The molecule has 3 aromatic heterocycles. The van der Waals surface area contributed by atoms with Crippen molar-refractivity contribution in [3.8, 4) is 16.9 Å². The van der Waals surface area contributed by atoms with Gasteiger partial charge in [0.15, 0.2) is 5.69 Å².